The summed E-state index contributed by atoms with van der Waals surface area (Å²) in [6.45, 7) is 2.51. The van der Waals surface area contributed by atoms with Crippen LogP contribution in [0.3, 0.4) is 0 Å². The minimum atomic E-state index is -0.741. The Morgan fingerprint density at radius 3 is 2.88 bits per heavy atom. The van der Waals surface area contributed by atoms with Gasteiger partial charge < -0.3 is 15.3 Å². The zero-order valence-corrected chi connectivity index (χ0v) is 9.10. The van der Waals surface area contributed by atoms with Crippen molar-refractivity contribution in [3.63, 3.8) is 0 Å². The first-order valence-corrected chi connectivity index (χ1v) is 5.51. The van der Waals surface area contributed by atoms with Gasteiger partial charge in [0.1, 0.15) is 0 Å². The highest BCUT2D eigenvalue weighted by Crippen LogP contribution is 2.19. The minimum Gasteiger partial charge on any atom is -0.481 e. The van der Waals surface area contributed by atoms with E-state index in [1.807, 2.05) is 30.3 Å². The number of para-hydroxylation sites is 1. The van der Waals surface area contributed by atoms with Crippen LogP contribution in [0.1, 0.15) is 6.42 Å². The maximum absolute atomic E-state index is 10.8. The van der Waals surface area contributed by atoms with Gasteiger partial charge in [-0.15, -0.1) is 0 Å². The molecule has 0 unspecified atom stereocenters. The summed E-state index contributed by atoms with van der Waals surface area (Å²) in [5, 5.41) is 12.1. The normalized spacial score (nSPS) is 20.8. The fraction of sp³-hybridized carbons (Fsp3) is 0.417. The largest absolute Gasteiger partial charge is 0.481 e. The Labute approximate surface area is 94.9 Å². The van der Waals surface area contributed by atoms with Crippen LogP contribution in [0.15, 0.2) is 30.3 Å². The van der Waals surface area contributed by atoms with E-state index >= 15 is 0 Å². The average Bonchev–Trinajstić information content (AvgIpc) is 2.30. The molecule has 0 aliphatic carbocycles. The van der Waals surface area contributed by atoms with Crippen LogP contribution < -0.4 is 10.2 Å². The smallest absolute Gasteiger partial charge is 0.305 e. The molecule has 86 valence electrons. The van der Waals surface area contributed by atoms with Crippen LogP contribution >= 0.6 is 0 Å². The third-order valence-electron chi connectivity index (χ3n) is 2.85. The number of benzene rings is 1. The summed E-state index contributed by atoms with van der Waals surface area (Å²) in [4.78, 5) is 13.0. The van der Waals surface area contributed by atoms with Gasteiger partial charge in [0.2, 0.25) is 0 Å². The number of hydrogen-bond donors (Lipinski definition) is 2. The van der Waals surface area contributed by atoms with Gasteiger partial charge >= 0.3 is 5.97 Å². The molecule has 1 fully saturated rings. The second-order valence-electron chi connectivity index (χ2n) is 3.98. The molecule has 0 amide bonds. The van der Waals surface area contributed by atoms with Gasteiger partial charge in [-0.3, -0.25) is 4.79 Å². The molecule has 2 rings (SSSR count). The molecule has 1 aromatic carbocycles. The van der Waals surface area contributed by atoms with Crippen LogP contribution in [0, 0.1) is 0 Å². The first kappa shape index (κ1) is 11.0. The van der Waals surface area contributed by atoms with E-state index in [9.17, 15) is 4.79 Å². The number of piperazine rings is 1. The number of nitrogens with zero attached hydrogens (tertiary/aromatic N) is 1. The predicted octanol–water partition coefficient (Wildman–Crippen LogP) is 0.940. The highest BCUT2D eigenvalue weighted by atomic mass is 16.4. The Balaban J connectivity index is 2.13. The van der Waals surface area contributed by atoms with Crippen LogP contribution in [0.2, 0.25) is 0 Å². The monoisotopic (exact) mass is 220 g/mol. The fourth-order valence-corrected chi connectivity index (χ4v) is 2.10. The second-order valence-corrected chi connectivity index (χ2v) is 3.98. The Morgan fingerprint density at radius 1 is 1.44 bits per heavy atom. The van der Waals surface area contributed by atoms with Crippen molar-refractivity contribution in [3.05, 3.63) is 30.3 Å². The SMILES string of the molecule is O=C(O)C[C@@H]1CNCCN1c1ccccc1. The van der Waals surface area contributed by atoms with Crippen LogP contribution in [0.5, 0.6) is 0 Å². The molecule has 4 heteroatoms. The molecule has 1 atom stereocenters. The number of carboxylic acid groups (broad SMARTS) is 1. The van der Waals surface area contributed by atoms with Gasteiger partial charge in [-0.2, -0.15) is 0 Å². The maximum atomic E-state index is 10.8. The summed E-state index contributed by atoms with van der Waals surface area (Å²) < 4.78 is 0. The van der Waals surface area contributed by atoms with Gasteiger partial charge in [-0.25, -0.2) is 0 Å². The zero-order chi connectivity index (χ0) is 11.4. The molecule has 0 bridgehead atoms. The van der Waals surface area contributed by atoms with Crippen molar-refractivity contribution in [2.45, 2.75) is 12.5 Å². The summed E-state index contributed by atoms with van der Waals surface area (Å²) in [6, 6.07) is 10.0. The molecule has 1 aliphatic rings. The number of anilines is 1. The molecule has 0 radical (unpaired) electrons. The van der Waals surface area contributed by atoms with E-state index in [1.165, 1.54) is 0 Å². The van der Waals surface area contributed by atoms with Crippen molar-refractivity contribution < 1.29 is 9.90 Å². The van der Waals surface area contributed by atoms with E-state index < -0.39 is 5.97 Å². The first-order valence-electron chi connectivity index (χ1n) is 5.51. The topological polar surface area (TPSA) is 52.6 Å². The van der Waals surface area contributed by atoms with Crippen molar-refractivity contribution in [1.29, 1.82) is 0 Å². The molecule has 0 spiro atoms. The maximum Gasteiger partial charge on any atom is 0.305 e. The molecule has 1 saturated heterocycles. The molecule has 1 aromatic rings. The number of nitrogens with one attached hydrogen (secondary N) is 1. The van der Waals surface area contributed by atoms with Gasteiger partial charge in [0.05, 0.1) is 12.5 Å². The number of carbonyl (C=O) groups is 1. The first-order chi connectivity index (χ1) is 7.77. The van der Waals surface area contributed by atoms with Gasteiger partial charge in [-0.05, 0) is 12.1 Å². The van der Waals surface area contributed by atoms with Crippen molar-refractivity contribution in [2.75, 3.05) is 24.5 Å². The molecule has 4 nitrogen and oxygen atoms in total. The summed E-state index contributed by atoms with van der Waals surface area (Å²) in [5.74, 6) is -0.741. The Bertz CT molecular complexity index is 353. The lowest BCUT2D eigenvalue weighted by Gasteiger charge is -2.37. The van der Waals surface area contributed by atoms with Gasteiger partial charge in [0, 0.05) is 25.3 Å². The van der Waals surface area contributed by atoms with Crippen molar-refractivity contribution >= 4 is 11.7 Å². The summed E-state index contributed by atoms with van der Waals surface area (Å²) in [7, 11) is 0. The van der Waals surface area contributed by atoms with Crippen LogP contribution in [-0.2, 0) is 4.79 Å². The lowest BCUT2D eigenvalue weighted by Crippen LogP contribution is -2.52. The molecule has 16 heavy (non-hydrogen) atoms. The summed E-state index contributed by atoms with van der Waals surface area (Å²) in [5.41, 5.74) is 1.11. The molecule has 1 heterocycles. The highest BCUT2D eigenvalue weighted by molar-refractivity contribution is 5.68. The fourth-order valence-electron chi connectivity index (χ4n) is 2.10. The van der Waals surface area contributed by atoms with Gasteiger partial charge in [-0.1, -0.05) is 18.2 Å². The van der Waals surface area contributed by atoms with E-state index in [0.29, 0.717) is 0 Å². The third-order valence-corrected chi connectivity index (χ3v) is 2.85. The van der Waals surface area contributed by atoms with Crippen LogP contribution in [0.4, 0.5) is 5.69 Å². The number of hydrogen-bond acceptors (Lipinski definition) is 3. The molecule has 2 N–H and O–H groups in total. The molecular formula is C12H16N2O2. The van der Waals surface area contributed by atoms with E-state index in [4.69, 9.17) is 5.11 Å². The summed E-state index contributed by atoms with van der Waals surface area (Å²) >= 11 is 0. The number of rotatable bonds is 3. The van der Waals surface area contributed by atoms with E-state index in [-0.39, 0.29) is 12.5 Å². The van der Waals surface area contributed by atoms with Crippen molar-refractivity contribution in [1.82, 2.24) is 5.32 Å². The average molecular weight is 220 g/mol. The lowest BCUT2D eigenvalue weighted by atomic mass is 10.1. The van der Waals surface area contributed by atoms with E-state index in [1.54, 1.807) is 0 Å². The van der Waals surface area contributed by atoms with Crippen LogP contribution in [-0.4, -0.2) is 36.8 Å². The lowest BCUT2D eigenvalue weighted by molar-refractivity contribution is -0.137. The van der Waals surface area contributed by atoms with Crippen LogP contribution in [0.25, 0.3) is 0 Å². The molecular weight excluding hydrogens is 204 g/mol. The van der Waals surface area contributed by atoms with Crippen molar-refractivity contribution in [2.24, 2.45) is 0 Å². The van der Waals surface area contributed by atoms with E-state index in [2.05, 4.69) is 10.2 Å². The minimum absolute atomic E-state index is 0.0497. The van der Waals surface area contributed by atoms with Gasteiger partial charge in [0.25, 0.3) is 0 Å². The third kappa shape index (κ3) is 2.52. The number of aliphatic carboxylic acids is 1. The molecule has 0 saturated carbocycles. The Hall–Kier alpha value is -1.55. The second kappa shape index (κ2) is 4.99. The van der Waals surface area contributed by atoms with E-state index in [0.717, 1.165) is 25.3 Å². The van der Waals surface area contributed by atoms with Gasteiger partial charge in [0.15, 0.2) is 0 Å². The zero-order valence-electron chi connectivity index (χ0n) is 9.10. The number of carboxylic acids is 1. The Morgan fingerprint density at radius 2 is 2.19 bits per heavy atom. The quantitative estimate of drug-likeness (QED) is 0.796. The molecule has 0 aromatic heterocycles. The highest BCUT2D eigenvalue weighted by Gasteiger charge is 2.24. The molecule has 1 aliphatic heterocycles. The van der Waals surface area contributed by atoms with Crippen molar-refractivity contribution in [3.8, 4) is 0 Å². The Kier molecular flexibility index (Phi) is 3.41. The summed E-state index contributed by atoms with van der Waals surface area (Å²) in [6.07, 6.45) is 0.182. The predicted molar refractivity (Wildman–Crippen MR) is 62.7 cm³/mol. The standard InChI is InChI=1S/C12H16N2O2/c15-12(16)8-11-9-13-6-7-14(11)10-4-2-1-3-5-10/h1-5,11,13H,6-9H2,(H,15,16)/t11-/m1/s1.